The van der Waals surface area contributed by atoms with Crippen molar-refractivity contribution in [3.05, 3.63) is 40.4 Å². The lowest BCUT2D eigenvalue weighted by atomic mass is 9.80. The van der Waals surface area contributed by atoms with Gasteiger partial charge in [0.05, 0.1) is 16.4 Å². The van der Waals surface area contributed by atoms with Gasteiger partial charge in [-0.25, -0.2) is 9.07 Å². The molecule has 1 saturated carbocycles. The summed E-state index contributed by atoms with van der Waals surface area (Å²) in [4.78, 5) is 25.8. The molecule has 0 unspecified atom stereocenters. The number of rotatable bonds is 6. The van der Waals surface area contributed by atoms with E-state index in [1.54, 1.807) is 6.92 Å². The van der Waals surface area contributed by atoms with Crippen molar-refractivity contribution in [2.45, 2.75) is 57.9 Å². The molecule has 1 aliphatic rings. The molecule has 1 aliphatic carbocycles. The number of nitrogens with one attached hydrogen (secondary N) is 2. The number of hydrogen-bond acceptors (Lipinski definition) is 4. The number of carbonyl (C=O) groups excluding carboxylic acids is 2. The Morgan fingerprint density at radius 3 is 2.66 bits per heavy atom. The third-order valence-electron chi connectivity index (χ3n) is 5.29. The SMILES string of the molecule is CCCNC(=O)C1(NC(=O)c2nnn(-c3ccc(F)c(Cl)c3)c2C)CCCCC1. The minimum atomic E-state index is -0.931. The molecule has 9 heteroatoms. The van der Waals surface area contributed by atoms with Crippen molar-refractivity contribution < 1.29 is 14.0 Å². The van der Waals surface area contributed by atoms with Crippen molar-refractivity contribution in [1.29, 1.82) is 0 Å². The van der Waals surface area contributed by atoms with Gasteiger partial charge in [-0.2, -0.15) is 0 Å². The summed E-state index contributed by atoms with van der Waals surface area (Å²) in [6.45, 7) is 4.24. The smallest absolute Gasteiger partial charge is 0.274 e. The van der Waals surface area contributed by atoms with E-state index in [2.05, 4.69) is 20.9 Å². The highest BCUT2D eigenvalue weighted by molar-refractivity contribution is 6.30. The van der Waals surface area contributed by atoms with E-state index in [1.165, 1.54) is 22.9 Å². The van der Waals surface area contributed by atoms with E-state index in [0.29, 0.717) is 30.8 Å². The van der Waals surface area contributed by atoms with Crippen LogP contribution in [0.1, 0.15) is 61.6 Å². The maximum atomic E-state index is 13.4. The Bertz CT molecular complexity index is 908. The monoisotopic (exact) mass is 421 g/mol. The van der Waals surface area contributed by atoms with Crippen LogP contribution < -0.4 is 10.6 Å². The van der Waals surface area contributed by atoms with E-state index >= 15 is 0 Å². The predicted molar refractivity (Wildman–Crippen MR) is 108 cm³/mol. The molecule has 3 rings (SSSR count). The Kier molecular flexibility index (Phi) is 6.52. The molecule has 2 amide bonds. The Morgan fingerprint density at radius 2 is 2.00 bits per heavy atom. The second-order valence-corrected chi connectivity index (χ2v) is 7.79. The Balaban J connectivity index is 1.84. The minimum Gasteiger partial charge on any atom is -0.354 e. The van der Waals surface area contributed by atoms with Crippen LogP contribution in [-0.4, -0.2) is 38.9 Å². The van der Waals surface area contributed by atoms with Crippen LogP contribution in [0.3, 0.4) is 0 Å². The summed E-state index contributed by atoms with van der Waals surface area (Å²) < 4.78 is 14.9. The lowest BCUT2D eigenvalue weighted by molar-refractivity contribution is -0.128. The number of amides is 2. The standard InChI is InChI=1S/C20H25ClFN5O2/c1-3-11-23-19(29)20(9-5-4-6-10-20)24-18(28)17-13(2)27(26-25-17)14-7-8-16(22)15(21)12-14/h7-8,12H,3-6,9-11H2,1-2H3,(H,23,29)(H,24,28). The van der Waals surface area contributed by atoms with Crippen molar-refractivity contribution >= 4 is 23.4 Å². The minimum absolute atomic E-state index is 0.0443. The van der Waals surface area contributed by atoms with Crippen LogP contribution in [0.5, 0.6) is 0 Å². The first-order valence-electron chi connectivity index (χ1n) is 9.86. The van der Waals surface area contributed by atoms with Crippen LogP contribution in [-0.2, 0) is 4.79 Å². The van der Waals surface area contributed by atoms with Gasteiger partial charge in [-0.05, 0) is 44.4 Å². The molecule has 2 N–H and O–H groups in total. The topological polar surface area (TPSA) is 88.9 Å². The summed E-state index contributed by atoms with van der Waals surface area (Å²) in [5.41, 5.74) is 0.164. The first kappa shape index (κ1) is 21.2. The third kappa shape index (κ3) is 4.42. The molecular weight excluding hydrogens is 397 g/mol. The van der Waals surface area contributed by atoms with Crippen LogP contribution in [0.25, 0.3) is 5.69 Å². The van der Waals surface area contributed by atoms with Crippen molar-refractivity contribution in [2.24, 2.45) is 0 Å². The zero-order valence-electron chi connectivity index (χ0n) is 16.6. The summed E-state index contributed by atoms with van der Waals surface area (Å²) in [6, 6.07) is 4.15. The van der Waals surface area contributed by atoms with Crippen LogP contribution in [0.2, 0.25) is 5.02 Å². The molecule has 0 radical (unpaired) electrons. The molecule has 0 aliphatic heterocycles. The number of aromatic nitrogens is 3. The van der Waals surface area contributed by atoms with Gasteiger partial charge in [-0.3, -0.25) is 9.59 Å². The predicted octanol–water partition coefficient (Wildman–Crippen LogP) is 3.33. The van der Waals surface area contributed by atoms with Gasteiger partial charge >= 0.3 is 0 Å². The molecule has 7 nitrogen and oxygen atoms in total. The highest BCUT2D eigenvalue weighted by Gasteiger charge is 2.41. The zero-order valence-corrected chi connectivity index (χ0v) is 17.4. The Labute approximate surface area is 174 Å². The van der Waals surface area contributed by atoms with Gasteiger partial charge in [0.15, 0.2) is 5.69 Å². The number of nitrogens with zero attached hydrogens (tertiary/aromatic N) is 3. The molecule has 156 valence electrons. The molecule has 1 aromatic heterocycles. The fourth-order valence-electron chi connectivity index (χ4n) is 3.65. The summed E-state index contributed by atoms with van der Waals surface area (Å²) >= 11 is 5.85. The largest absolute Gasteiger partial charge is 0.354 e. The summed E-state index contributed by atoms with van der Waals surface area (Å²) in [6.07, 6.45) is 4.80. The van der Waals surface area contributed by atoms with Crippen molar-refractivity contribution in [2.75, 3.05) is 6.54 Å². The second-order valence-electron chi connectivity index (χ2n) is 7.39. The molecule has 2 aromatic rings. The van der Waals surface area contributed by atoms with E-state index < -0.39 is 17.3 Å². The lowest BCUT2D eigenvalue weighted by Gasteiger charge is -2.36. The first-order valence-corrected chi connectivity index (χ1v) is 10.2. The van der Waals surface area contributed by atoms with E-state index in [9.17, 15) is 14.0 Å². The summed E-state index contributed by atoms with van der Waals surface area (Å²) in [5.74, 6) is -1.14. The molecule has 1 heterocycles. The summed E-state index contributed by atoms with van der Waals surface area (Å²) in [7, 11) is 0. The van der Waals surface area contributed by atoms with E-state index in [0.717, 1.165) is 25.7 Å². The second kappa shape index (κ2) is 8.90. The molecule has 0 spiro atoms. The number of halogens is 2. The highest BCUT2D eigenvalue weighted by Crippen LogP contribution is 2.29. The van der Waals surface area contributed by atoms with Gasteiger partial charge in [0.25, 0.3) is 5.91 Å². The molecular formula is C20H25ClFN5O2. The third-order valence-corrected chi connectivity index (χ3v) is 5.58. The van der Waals surface area contributed by atoms with Crippen LogP contribution in [0, 0.1) is 12.7 Å². The van der Waals surface area contributed by atoms with Crippen molar-refractivity contribution in [1.82, 2.24) is 25.6 Å². The zero-order chi connectivity index (χ0) is 21.0. The quantitative estimate of drug-likeness (QED) is 0.748. The summed E-state index contributed by atoms with van der Waals surface area (Å²) in [5, 5.41) is 13.8. The molecule has 0 bridgehead atoms. The van der Waals surface area contributed by atoms with Gasteiger partial charge < -0.3 is 10.6 Å². The Morgan fingerprint density at radius 1 is 1.28 bits per heavy atom. The van der Waals surface area contributed by atoms with Crippen LogP contribution in [0.4, 0.5) is 4.39 Å². The van der Waals surface area contributed by atoms with Crippen molar-refractivity contribution in [3.63, 3.8) is 0 Å². The van der Waals surface area contributed by atoms with E-state index in [1.807, 2.05) is 6.92 Å². The van der Waals surface area contributed by atoms with Gasteiger partial charge in [0.1, 0.15) is 11.4 Å². The van der Waals surface area contributed by atoms with E-state index in [-0.39, 0.29) is 16.6 Å². The van der Waals surface area contributed by atoms with Gasteiger partial charge in [-0.1, -0.05) is 43.0 Å². The fourth-order valence-corrected chi connectivity index (χ4v) is 3.82. The molecule has 1 aromatic carbocycles. The van der Waals surface area contributed by atoms with Crippen LogP contribution in [0.15, 0.2) is 18.2 Å². The number of benzene rings is 1. The highest BCUT2D eigenvalue weighted by atomic mass is 35.5. The normalized spacial score (nSPS) is 15.7. The average molecular weight is 422 g/mol. The van der Waals surface area contributed by atoms with Crippen molar-refractivity contribution in [3.8, 4) is 5.69 Å². The van der Waals surface area contributed by atoms with Crippen LogP contribution >= 0.6 is 11.6 Å². The maximum absolute atomic E-state index is 13.4. The number of hydrogen-bond donors (Lipinski definition) is 2. The first-order chi connectivity index (χ1) is 13.9. The Hall–Kier alpha value is -2.48. The maximum Gasteiger partial charge on any atom is 0.274 e. The fraction of sp³-hybridized carbons (Fsp3) is 0.500. The average Bonchev–Trinajstić information content (AvgIpc) is 3.10. The van der Waals surface area contributed by atoms with Gasteiger partial charge in [0.2, 0.25) is 5.91 Å². The molecule has 1 fully saturated rings. The lowest BCUT2D eigenvalue weighted by Crippen LogP contribution is -2.60. The van der Waals surface area contributed by atoms with Gasteiger partial charge in [0, 0.05) is 6.54 Å². The molecule has 0 atom stereocenters. The number of carbonyl (C=O) groups is 2. The van der Waals surface area contributed by atoms with Gasteiger partial charge in [-0.15, -0.1) is 5.10 Å². The molecule has 0 saturated heterocycles. The van der Waals surface area contributed by atoms with E-state index in [4.69, 9.17) is 11.6 Å². The molecule has 29 heavy (non-hydrogen) atoms.